The van der Waals surface area contributed by atoms with Crippen LogP contribution < -0.4 is 20.3 Å². The smallest absolute Gasteiger partial charge is 0.146 e. The van der Waals surface area contributed by atoms with Gasteiger partial charge in [-0.3, -0.25) is 0 Å². The van der Waals surface area contributed by atoms with Crippen LogP contribution in [0.15, 0.2) is 18.5 Å². The van der Waals surface area contributed by atoms with Crippen molar-refractivity contribution in [3.05, 3.63) is 35.2 Å². The molecule has 2 N–H and O–H groups in total. The number of hydrogen-bond donors (Lipinski definition) is 2. The van der Waals surface area contributed by atoms with Crippen molar-refractivity contribution in [2.24, 2.45) is 0 Å². The molecule has 2 aromatic rings. The summed E-state index contributed by atoms with van der Waals surface area (Å²) in [6.07, 6.45) is 4.06. The molecule has 0 atom stereocenters. The van der Waals surface area contributed by atoms with Gasteiger partial charge in [0.25, 0.3) is 0 Å². The number of nitrogens with one attached hydrogen (secondary N) is 2. The molecule has 148 valence electrons. The fourth-order valence-electron chi connectivity index (χ4n) is 4.44. The van der Waals surface area contributed by atoms with Gasteiger partial charge >= 0.3 is 0 Å². The number of aryl methyl sites for hydroxylation is 1. The van der Waals surface area contributed by atoms with Gasteiger partial charge in [0, 0.05) is 24.6 Å². The molecule has 3 aliphatic heterocycles. The molecular formula is C21H27N5OS. The third-order valence-corrected chi connectivity index (χ3v) is 6.90. The van der Waals surface area contributed by atoms with E-state index in [2.05, 4.69) is 44.6 Å². The maximum atomic E-state index is 6.29. The van der Waals surface area contributed by atoms with Crippen molar-refractivity contribution in [2.75, 3.05) is 47.9 Å². The number of hydrogen-bond acceptors (Lipinski definition) is 7. The van der Waals surface area contributed by atoms with Crippen LogP contribution in [0.1, 0.15) is 35.4 Å². The molecule has 0 spiro atoms. The van der Waals surface area contributed by atoms with E-state index in [9.17, 15) is 0 Å². The van der Waals surface area contributed by atoms with Gasteiger partial charge in [-0.2, -0.15) is 11.8 Å². The topological polar surface area (TPSA) is 62.3 Å². The largest absolute Gasteiger partial charge is 0.486 e. The molecule has 5 rings (SSSR count). The highest BCUT2D eigenvalue weighted by molar-refractivity contribution is 7.99. The van der Waals surface area contributed by atoms with Gasteiger partial charge in [-0.25, -0.2) is 9.97 Å². The average molecular weight is 398 g/mol. The number of rotatable bonds is 2. The van der Waals surface area contributed by atoms with Crippen molar-refractivity contribution in [3.8, 4) is 5.75 Å². The summed E-state index contributed by atoms with van der Waals surface area (Å²) in [6, 6.07) is 4.58. The maximum absolute atomic E-state index is 6.29. The van der Waals surface area contributed by atoms with E-state index in [1.807, 2.05) is 11.8 Å². The van der Waals surface area contributed by atoms with E-state index in [0.717, 1.165) is 66.3 Å². The monoisotopic (exact) mass is 397 g/mol. The van der Waals surface area contributed by atoms with Crippen molar-refractivity contribution >= 4 is 29.1 Å². The minimum absolute atomic E-state index is 0.503. The van der Waals surface area contributed by atoms with E-state index in [1.165, 1.54) is 24.0 Å². The van der Waals surface area contributed by atoms with Crippen LogP contribution >= 0.6 is 11.8 Å². The van der Waals surface area contributed by atoms with Crippen molar-refractivity contribution in [1.29, 1.82) is 0 Å². The zero-order valence-corrected chi connectivity index (χ0v) is 17.1. The Morgan fingerprint density at radius 1 is 1.14 bits per heavy atom. The second kappa shape index (κ2) is 7.79. The summed E-state index contributed by atoms with van der Waals surface area (Å²) >= 11 is 2.01. The molecule has 0 unspecified atom stereocenters. The summed E-state index contributed by atoms with van der Waals surface area (Å²) < 4.78 is 6.29. The molecule has 0 bridgehead atoms. The number of fused-ring (bicyclic) bond motifs is 2. The van der Waals surface area contributed by atoms with Crippen molar-refractivity contribution in [3.63, 3.8) is 0 Å². The molecule has 0 amide bonds. The van der Waals surface area contributed by atoms with Crippen LogP contribution in [-0.2, 0) is 6.61 Å². The summed E-state index contributed by atoms with van der Waals surface area (Å²) in [7, 11) is 0. The van der Waals surface area contributed by atoms with E-state index < -0.39 is 0 Å². The van der Waals surface area contributed by atoms with Crippen LogP contribution in [0.4, 0.5) is 17.3 Å². The standard InChI is InChI=1S/C21H27N5OS/c1-14-10-16(15-2-4-22-5-3-15)11-18-19(14)27-12-17-20(25-18)23-13-24-21(17)26-6-8-28-9-7-26/h10-11,13,15,22H,2-9,12H2,1H3,(H,23,24,25). The quantitative estimate of drug-likeness (QED) is 0.805. The molecule has 2 saturated heterocycles. The molecule has 0 aliphatic carbocycles. The van der Waals surface area contributed by atoms with Gasteiger partial charge in [0.2, 0.25) is 0 Å². The van der Waals surface area contributed by atoms with Gasteiger partial charge in [-0.15, -0.1) is 0 Å². The van der Waals surface area contributed by atoms with Gasteiger partial charge < -0.3 is 20.3 Å². The van der Waals surface area contributed by atoms with E-state index in [0.29, 0.717) is 12.5 Å². The number of ether oxygens (including phenoxy) is 1. The van der Waals surface area contributed by atoms with Gasteiger partial charge in [-0.1, -0.05) is 6.07 Å². The molecule has 1 aromatic carbocycles. The summed E-state index contributed by atoms with van der Waals surface area (Å²) in [4.78, 5) is 11.5. The Balaban J connectivity index is 1.49. The highest BCUT2D eigenvalue weighted by Crippen LogP contribution is 2.41. The second-order valence-corrected chi connectivity index (χ2v) is 9.00. The lowest BCUT2D eigenvalue weighted by Gasteiger charge is -2.29. The molecule has 6 nitrogen and oxygen atoms in total. The molecule has 4 heterocycles. The van der Waals surface area contributed by atoms with Crippen LogP contribution in [0, 0.1) is 6.92 Å². The Bertz CT molecular complexity index is 862. The summed E-state index contributed by atoms with van der Waals surface area (Å²) in [6.45, 7) is 6.90. The first-order valence-electron chi connectivity index (χ1n) is 10.2. The molecule has 2 fully saturated rings. The van der Waals surface area contributed by atoms with E-state index in [-0.39, 0.29) is 0 Å². The van der Waals surface area contributed by atoms with E-state index >= 15 is 0 Å². The third kappa shape index (κ3) is 3.42. The number of anilines is 3. The lowest BCUT2D eigenvalue weighted by atomic mass is 9.89. The zero-order chi connectivity index (χ0) is 18.9. The lowest BCUT2D eigenvalue weighted by molar-refractivity contribution is 0.308. The number of piperidine rings is 1. The number of aromatic nitrogens is 2. The molecular weight excluding hydrogens is 370 g/mol. The highest BCUT2D eigenvalue weighted by Gasteiger charge is 2.25. The van der Waals surface area contributed by atoms with Gasteiger partial charge in [0.15, 0.2) is 0 Å². The number of thioether (sulfide) groups is 1. The van der Waals surface area contributed by atoms with E-state index in [4.69, 9.17) is 4.74 Å². The Morgan fingerprint density at radius 3 is 2.79 bits per heavy atom. The Kier molecular flexibility index (Phi) is 5.03. The van der Waals surface area contributed by atoms with Gasteiger partial charge in [-0.05, 0) is 56.0 Å². The Hall–Kier alpha value is -1.99. The van der Waals surface area contributed by atoms with Crippen molar-refractivity contribution < 1.29 is 4.74 Å². The van der Waals surface area contributed by atoms with E-state index in [1.54, 1.807) is 6.33 Å². The predicted octanol–water partition coefficient (Wildman–Crippen LogP) is 3.44. The molecule has 1 aromatic heterocycles. The minimum Gasteiger partial charge on any atom is -0.486 e. The summed E-state index contributed by atoms with van der Waals surface area (Å²) in [5.41, 5.74) is 4.69. The number of benzene rings is 1. The fourth-order valence-corrected chi connectivity index (χ4v) is 5.34. The van der Waals surface area contributed by atoms with Crippen LogP contribution in [-0.4, -0.2) is 47.7 Å². The van der Waals surface area contributed by atoms with Crippen LogP contribution in [0.25, 0.3) is 0 Å². The normalized spacial score (nSPS) is 19.8. The molecule has 3 aliphatic rings. The van der Waals surface area contributed by atoms with Crippen LogP contribution in [0.2, 0.25) is 0 Å². The molecule has 0 radical (unpaired) electrons. The Labute approximate surface area is 170 Å². The highest BCUT2D eigenvalue weighted by atomic mass is 32.2. The molecule has 0 saturated carbocycles. The Morgan fingerprint density at radius 2 is 1.96 bits per heavy atom. The zero-order valence-electron chi connectivity index (χ0n) is 16.3. The first kappa shape index (κ1) is 18.1. The van der Waals surface area contributed by atoms with Crippen LogP contribution in [0.5, 0.6) is 5.75 Å². The average Bonchev–Trinajstić information content (AvgIpc) is 2.94. The lowest BCUT2D eigenvalue weighted by Crippen LogP contribution is -2.34. The molecule has 7 heteroatoms. The van der Waals surface area contributed by atoms with Crippen molar-refractivity contribution in [2.45, 2.75) is 32.3 Å². The molecule has 28 heavy (non-hydrogen) atoms. The third-order valence-electron chi connectivity index (χ3n) is 5.95. The first-order chi connectivity index (χ1) is 13.8. The summed E-state index contributed by atoms with van der Waals surface area (Å²) in [5.74, 6) is 5.74. The minimum atomic E-state index is 0.503. The predicted molar refractivity (Wildman–Crippen MR) is 115 cm³/mol. The SMILES string of the molecule is Cc1cc(C2CCNCC2)cc2c1OCc1c(ncnc1N1CCSCC1)N2. The first-order valence-corrected chi connectivity index (χ1v) is 11.4. The maximum Gasteiger partial charge on any atom is 0.146 e. The summed E-state index contributed by atoms with van der Waals surface area (Å²) in [5, 5.41) is 7.04. The number of nitrogens with zero attached hydrogens (tertiary/aromatic N) is 3. The van der Waals surface area contributed by atoms with Gasteiger partial charge in [0.05, 0.1) is 11.3 Å². The van der Waals surface area contributed by atoms with Crippen LogP contribution in [0.3, 0.4) is 0 Å². The second-order valence-electron chi connectivity index (χ2n) is 7.78. The van der Waals surface area contributed by atoms with Crippen molar-refractivity contribution in [1.82, 2.24) is 15.3 Å². The fraction of sp³-hybridized carbons (Fsp3) is 0.524. The van der Waals surface area contributed by atoms with Gasteiger partial charge in [0.1, 0.15) is 30.3 Å².